The number of benzene rings is 2. The van der Waals surface area contributed by atoms with Crippen molar-refractivity contribution in [2.45, 2.75) is 13.1 Å². The first kappa shape index (κ1) is 20.8. The number of hydrogen-bond acceptors (Lipinski definition) is 8. The van der Waals surface area contributed by atoms with Gasteiger partial charge in [-0.3, -0.25) is 14.6 Å². The highest BCUT2D eigenvalue weighted by Gasteiger charge is 2.21. The summed E-state index contributed by atoms with van der Waals surface area (Å²) in [7, 11) is 0. The second-order valence-electron chi connectivity index (χ2n) is 7.70. The minimum Gasteiger partial charge on any atom is -0.454 e. The smallest absolute Gasteiger partial charge is 0.286 e. The van der Waals surface area contributed by atoms with Crippen molar-refractivity contribution in [1.82, 2.24) is 20.0 Å². The van der Waals surface area contributed by atoms with E-state index in [1.165, 1.54) is 41.2 Å². The maximum Gasteiger partial charge on any atom is 0.286 e. The Labute approximate surface area is 188 Å². The number of hydrogen-bond donors (Lipinski definition) is 1. The van der Waals surface area contributed by atoms with Crippen LogP contribution in [0, 0.1) is 5.82 Å². The maximum absolute atomic E-state index is 13.0. The molecule has 8 nitrogen and oxygen atoms in total. The predicted octanol–water partition coefficient (Wildman–Crippen LogP) is 2.98. The van der Waals surface area contributed by atoms with E-state index in [-0.39, 0.29) is 11.7 Å². The molecule has 0 radical (unpaired) electrons. The summed E-state index contributed by atoms with van der Waals surface area (Å²) >= 11 is 1.28. The number of fused-ring (bicyclic) bond motifs is 1. The molecule has 10 heteroatoms. The quantitative estimate of drug-likeness (QED) is 0.612. The van der Waals surface area contributed by atoms with E-state index in [1.54, 1.807) is 0 Å². The van der Waals surface area contributed by atoms with Gasteiger partial charge in [0.25, 0.3) is 5.91 Å². The minimum atomic E-state index is -0.350. The van der Waals surface area contributed by atoms with Gasteiger partial charge in [0.05, 0.1) is 6.54 Å². The van der Waals surface area contributed by atoms with Crippen LogP contribution in [0.4, 0.5) is 10.1 Å². The van der Waals surface area contributed by atoms with Gasteiger partial charge >= 0.3 is 0 Å². The van der Waals surface area contributed by atoms with Crippen LogP contribution >= 0.6 is 11.3 Å². The molecule has 0 bridgehead atoms. The van der Waals surface area contributed by atoms with Gasteiger partial charge in [0.1, 0.15) is 10.8 Å². The Balaban J connectivity index is 1.10. The number of rotatable bonds is 6. The SMILES string of the molecule is O=C(Nc1ccc(F)cc1)c1nnc(CN2CCN(Cc3ccc4c(c3)OCO4)CC2)s1. The van der Waals surface area contributed by atoms with E-state index in [4.69, 9.17) is 9.47 Å². The van der Waals surface area contributed by atoms with Gasteiger partial charge in [-0.25, -0.2) is 4.39 Å². The lowest BCUT2D eigenvalue weighted by atomic mass is 10.1. The molecule has 0 aliphatic carbocycles. The van der Waals surface area contributed by atoms with Crippen LogP contribution in [0.2, 0.25) is 0 Å². The third kappa shape index (κ3) is 4.87. The monoisotopic (exact) mass is 455 g/mol. The number of piperazine rings is 1. The van der Waals surface area contributed by atoms with Crippen molar-refractivity contribution in [1.29, 1.82) is 0 Å². The van der Waals surface area contributed by atoms with E-state index < -0.39 is 0 Å². The zero-order chi connectivity index (χ0) is 21.9. The van der Waals surface area contributed by atoms with Gasteiger partial charge in [-0.15, -0.1) is 10.2 Å². The van der Waals surface area contributed by atoms with Crippen molar-refractivity contribution in [2.75, 3.05) is 38.3 Å². The lowest BCUT2D eigenvalue weighted by Gasteiger charge is -2.34. The summed E-state index contributed by atoms with van der Waals surface area (Å²) in [6.45, 7) is 5.56. The number of nitrogens with zero attached hydrogens (tertiary/aromatic N) is 4. The maximum atomic E-state index is 13.0. The number of aromatic nitrogens is 2. The van der Waals surface area contributed by atoms with Crippen molar-refractivity contribution >= 4 is 22.9 Å². The largest absolute Gasteiger partial charge is 0.454 e. The summed E-state index contributed by atoms with van der Waals surface area (Å²) in [6.07, 6.45) is 0. The molecule has 3 heterocycles. The zero-order valence-electron chi connectivity index (χ0n) is 17.3. The lowest BCUT2D eigenvalue weighted by Crippen LogP contribution is -2.45. The average molecular weight is 456 g/mol. The van der Waals surface area contributed by atoms with Gasteiger partial charge in [0, 0.05) is 38.4 Å². The Morgan fingerprint density at radius 1 is 0.969 bits per heavy atom. The molecule has 2 aliphatic rings. The highest BCUT2D eigenvalue weighted by Crippen LogP contribution is 2.32. The van der Waals surface area contributed by atoms with Crippen LogP contribution in [0.5, 0.6) is 11.5 Å². The van der Waals surface area contributed by atoms with Gasteiger partial charge in [0.15, 0.2) is 11.5 Å². The second kappa shape index (κ2) is 9.19. The molecule has 32 heavy (non-hydrogen) atoms. The normalized spacial score (nSPS) is 16.3. The van der Waals surface area contributed by atoms with Gasteiger partial charge < -0.3 is 14.8 Å². The summed E-state index contributed by atoms with van der Waals surface area (Å²) in [5.41, 5.74) is 1.73. The van der Waals surface area contributed by atoms with Crippen LogP contribution in [-0.2, 0) is 13.1 Å². The molecular formula is C22H22FN5O3S. The van der Waals surface area contributed by atoms with Crippen molar-refractivity contribution in [3.8, 4) is 11.5 Å². The first-order valence-electron chi connectivity index (χ1n) is 10.3. The van der Waals surface area contributed by atoms with Gasteiger partial charge in [-0.05, 0) is 42.0 Å². The van der Waals surface area contributed by atoms with Crippen molar-refractivity contribution in [2.24, 2.45) is 0 Å². The zero-order valence-corrected chi connectivity index (χ0v) is 18.1. The van der Waals surface area contributed by atoms with Crippen molar-refractivity contribution in [3.63, 3.8) is 0 Å². The minimum absolute atomic E-state index is 0.290. The molecule has 1 N–H and O–H groups in total. The number of nitrogens with one attached hydrogen (secondary N) is 1. The topological polar surface area (TPSA) is 79.8 Å². The van der Waals surface area contributed by atoms with Crippen LogP contribution in [0.1, 0.15) is 20.4 Å². The number of ether oxygens (including phenoxy) is 2. The molecule has 2 aromatic carbocycles. The number of carbonyl (C=O) groups is 1. The molecule has 0 spiro atoms. The Kier molecular flexibility index (Phi) is 5.97. The molecule has 1 aromatic heterocycles. The molecular weight excluding hydrogens is 433 g/mol. The summed E-state index contributed by atoms with van der Waals surface area (Å²) in [5, 5.41) is 12.0. The molecule has 0 saturated carbocycles. The van der Waals surface area contributed by atoms with Crippen molar-refractivity contribution < 1.29 is 18.7 Å². The molecule has 166 valence electrons. The van der Waals surface area contributed by atoms with E-state index in [2.05, 4.69) is 37.4 Å². The molecule has 0 atom stereocenters. The van der Waals surface area contributed by atoms with E-state index in [0.29, 0.717) is 24.0 Å². The standard InChI is InChI=1S/C22H22FN5O3S/c23-16-2-4-17(5-3-16)24-21(29)22-26-25-20(32-22)13-28-9-7-27(8-10-28)12-15-1-6-18-19(11-15)31-14-30-18/h1-6,11H,7-10,12-14H2,(H,24,29). The molecule has 1 fully saturated rings. The van der Waals surface area contributed by atoms with Crippen LogP contribution in [-0.4, -0.2) is 58.9 Å². The number of anilines is 1. The fraction of sp³-hybridized carbons (Fsp3) is 0.318. The van der Waals surface area contributed by atoms with Crippen LogP contribution in [0.25, 0.3) is 0 Å². The van der Waals surface area contributed by atoms with E-state index in [9.17, 15) is 9.18 Å². The second-order valence-corrected chi connectivity index (χ2v) is 8.76. The Morgan fingerprint density at radius 2 is 1.69 bits per heavy atom. The lowest BCUT2D eigenvalue weighted by molar-refractivity contribution is 0.102. The highest BCUT2D eigenvalue weighted by molar-refractivity contribution is 7.13. The number of halogens is 1. The third-order valence-electron chi connectivity index (χ3n) is 5.43. The summed E-state index contributed by atoms with van der Waals surface area (Å²) in [6, 6.07) is 11.7. The molecule has 3 aromatic rings. The van der Waals surface area contributed by atoms with Crippen LogP contribution in [0.3, 0.4) is 0 Å². The fourth-order valence-electron chi connectivity index (χ4n) is 3.72. The van der Waals surface area contributed by atoms with Crippen LogP contribution < -0.4 is 14.8 Å². The first-order valence-corrected chi connectivity index (χ1v) is 11.2. The van der Waals surface area contributed by atoms with Gasteiger partial charge in [-0.1, -0.05) is 17.4 Å². The molecule has 1 saturated heterocycles. The van der Waals surface area contributed by atoms with E-state index in [1.807, 2.05) is 6.07 Å². The summed E-state index contributed by atoms with van der Waals surface area (Å²) in [4.78, 5) is 17.1. The first-order chi connectivity index (χ1) is 15.6. The number of amides is 1. The molecule has 5 rings (SSSR count). The average Bonchev–Trinajstić information content (AvgIpc) is 3.46. The van der Waals surface area contributed by atoms with Gasteiger partial charge in [0.2, 0.25) is 11.8 Å². The Bertz CT molecular complexity index is 1100. The predicted molar refractivity (Wildman–Crippen MR) is 117 cm³/mol. The van der Waals surface area contributed by atoms with E-state index >= 15 is 0 Å². The summed E-state index contributed by atoms with van der Waals surface area (Å²) in [5.74, 6) is 0.934. The molecule has 0 unspecified atom stereocenters. The highest BCUT2D eigenvalue weighted by atomic mass is 32.1. The fourth-order valence-corrected chi connectivity index (χ4v) is 4.50. The van der Waals surface area contributed by atoms with Crippen LogP contribution in [0.15, 0.2) is 42.5 Å². The summed E-state index contributed by atoms with van der Waals surface area (Å²) < 4.78 is 23.8. The van der Waals surface area contributed by atoms with Gasteiger partial charge in [-0.2, -0.15) is 0 Å². The number of carbonyl (C=O) groups excluding carboxylic acids is 1. The van der Waals surface area contributed by atoms with E-state index in [0.717, 1.165) is 49.2 Å². The third-order valence-corrected chi connectivity index (χ3v) is 6.34. The molecule has 2 aliphatic heterocycles. The Hall–Kier alpha value is -3.08. The molecule has 1 amide bonds. The van der Waals surface area contributed by atoms with Crippen molar-refractivity contribution in [3.05, 3.63) is 63.9 Å². The Morgan fingerprint density at radius 3 is 2.47 bits per heavy atom.